The van der Waals surface area contributed by atoms with Gasteiger partial charge >= 0.3 is 5.97 Å². The number of hydrogen-bond acceptors (Lipinski definition) is 6. The number of ether oxygens (including phenoxy) is 1. The maximum Gasteiger partial charge on any atom is 0.313 e. The van der Waals surface area contributed by atoms with Gasteiger partial charge in [0.1, 0.15) is 0 Å². The largest absolute Gasteiger partial charge is 0.466 e. The van der Waals surface area contributed by atoms with Crippen LogP contribution in [-0.4, -0.2) is 35.5 Å². The molecule has 1 saturated carbocycles. The Kier molecular flexibility index (Phi) is 5.40. The number of esters is 1. The molecule has 32 heavy (non-hydrogen) atoms. The lowest BCUT2D eigenvalue weighted by atomic mass is 9.51. The first-order valence-corrected chi connectivity index (χ1v) is 11.3. The first kappa shape index (κ1) is 21.0. The third-order valence-corrected chi connectivity index (χ3v) is 7.20. The normalized spacial score (nSPS) is 30.7. The average Bonchev–Trinajstić information content (AvgIpc) is 3.20. The molecular weight excluding hydrogens is 426 g/mol. The second-order valence-electron chi connectivity index (χ2n) is 8.71. The highest BCUT2D eigenvalue weighted by atomic mass is 35.5. The molecule has 6 nitrogen and oxygen atoms in total. The van der Waals surface area contributed by atoms with E-state index in [0.717, 1.165) is 16.8 Å². The zero-order valence-electron chi connectivity index (χ0n) is 17.8. The van der Waals surface area contributed by atoms with Gasteiger partial charge in [-0.15, -0.1) is 0 Å². The molecule has 0 spiro atoms. The van der Waals surface area contributed by atoms with Gasteiger partial charge in [-0.05, 0) is 43.0 Å². The third kappa shape index (κ3) is 3.28. The van der Waals surface area contributed by atoms with Crippen molar-refractivity contribution in [2.45, 2.75) is 38.6 Å². The summed E-state index contributed by atoms with van der Waals surface area (Å²) < 4.78 is 5.53. The van der Waals surface area contributed by atoms with Crippen molar-refractivity contribution in [3.05, 3.63) is 70.7 Å². The Morgan fingerprint density at radius 1 is 1.25 bits per heavy atom. The van der Waals surface area contributed by atoms with Crippen LogP contribution in [0.3, 0.4) is 0 Å². The number of oxime groups is 1. The molecule has 2 aliphatic heterocycles. The predicted molar refractivity (Wildman–Crippen MR) is 120 cm³/mol. The van der Waals surface area contributed by atoms with E-state index in [4.69, 9.17) is 21.2 Å². The van der Waals surface area contributed by atoms with E-state index >= 15 is 0 Å². The molecule has 0 amide bonds. The number of halogens is 1. The van der Waals surface area contributed by atoms with Gasteiger partial charge in [-0.25, -0.2) is 0 Å². The molecule has 1 unspecified atom stereocenters. The molecule has 7 heteroatoms. The van der Waals surface area contributed by atoms with Crippen LogP contribution in [0.15, 0.2) is 59.8 Å². The van der Waals surface area contributed by atoms with Crippen molar-refractivity contribution < 1.29 is 14.4 Å². The van der Waals surface area contributed by atoms with E-state index in [1.165, 1.54) is 0 Å². The lowest BCUT2D eigenvalue weighted by Crippen LogP contribution is -2.71. The highest BCUT2D eigenvalue weighted by Gasteiger charge is 2.69. The molecule has 2 heterocycles. The number of nitriles is 1. The van der Waals surface area contributed by atoms with Crippen molar-refractivity contribution >= 4 is 23.3 Å². The first-order valence-electron chi connectivity index (χ1n) is 10.9. The van der Waals surface area contributed by atoms with Gasteiger partial charge in [0.15, 0.2) is 6.23 Å². The van der Waals surface area contributed by atoms with Gasteiger partial charge < -0.3 is 9.57 Å². The molecule has 0 bridgehead atoms. The van der Waals surface area contributed by atoms with Crippen LogP contribution >= 0.6 is 11.6 Å². The number of fused-ring (bicyclic) bond motifs is 2. The molecule has 0 radical (unpaired) electrons. The number of nitrogens with zero attached hydrogens (tertiary/aromatic N) is 3. The monoisotopic (exact) mass is 449 g/mol. The minimum absolute atomic E-state index is 0.111. The Bertz CT molecular complexity index is 1080. The van der Waals surface area contributed by atoms with Gasteiger partial charge in [-0.1, -0.05) is 59.2 Å². The lowest BCUT2D eigenvalue weighted by molar-refractivity contribution is -0.218. The molecule has 2 fully saturated rings. The van der Waals surface area contributed by atoms with Crippen LogP contribution < -0.4 is 0 Å². The van der Waals surface area contributed by atoms with Gasteiger partial charge in [0, 0.05) is 17.6 Å². The van der Waals surface area contributed by atoms with Crippen molar-refractivity contribution in [1.82, 2.24) is 4.90 Å². The fraction of sp³-hybridized carbons (Fsp3) is 0.400. The summed E-state index contributed by atoms with van der Waals surface area (Å²) in [6.45, 7) is 2.69. The molecule has 0 aromatic heterocycles. The maximum atomic E-state index is 13.3. The van der Waals surface area contributed by atoms with Gasteiger partial charge in [0.25, 0.3) is 0 Å². The maximum absolute atomic E-state index is 13.3. The van der Waals surface area contributed by atoms with E-state index < -0.39 is 5.41 Å². The Morgan fingerprint density at radius 3 is 2.69 bits per heavy atom. The molecule has 5 atom stereocenters. The molecule has 0 N–H and O–H groups in total. The van der Waals surface area contributed by atoms with Crippen LogP contribution in [0, 0.1) is 28.6 Å². The molecule has 3 aliphatic rings. The predicted octanol–water partition coefficient (Wildman–Crippen LogP) is 4.38. The number of likely N-dealkylation sites (tertiary alicyclic amines) is 1. The van der Waals surface area contributed by atoms with Crippen molar-refractivity contribution in [2.24, 2.45) is 22.4 Å². The first-order chi connectivity index (χ1) is 15.6. The summed E-state index contributed by atoms with van der Waals surface area (Å²) in [5.41, 5.74) is 2.09. The van der Waals surface area contributed by atoms with Crippen molar-refractivity contribution in [2.75, 3.05) is 6.61 Å². The Morgan fingerprint density at radius 2 is 2.00 bits per heavy atom. The third-order valence-electron chi connectivity index (χ3n) is 6.95. The minimum atomic E-state index is -0.743. The summed E-state index contributed by atoms with van der Waals surface area (Å²) in [4.78, 5) is 21.4. The lowest BCUT2D eigenvalue weighted by Gasteiger charge is -2.60. The number of carbonyl (C=O) groups is 1. The summed E-state index contributed by atoms with van der Waals surface area (Å²) >= 11 is 6.08. The van der Waals surface area contributed by atoms with Crippen molar-refractivity contribution in [1.29, 1.82) is 5.26 Å². The molecule has 5 rings (SSSR count). The second kappa shape index (κ2) is 8.23. The molecule has 1 aliphatic carbocycles. The highest BCUT2D eigenvalue weighted by molar-refractivity contribution is 6.30. The second-order valence-corrected chi connectivity index (χ2v) is 9.15. The van der Waals surface area contributed by atoms with Gasteiger partial charge in [0.2, 0.25) is 0 Å². The van der Waals surface area contributed by atoms with Crippen LogP contribution in [0.4, 0.5) is 0 Å². The zero-order valence-corrected chi connectivity index (χ0v) is 18.5. The number of carbonyl (C=O) groups excluding carboxylic acids is 1. The Balaban J connectivity index is 1.55. The quantitative estimate of drug-likeness (QED) is 0.633. The molecule has 164 valence electrons. The standard InChI is InChI=1S/C25H24ClN3O3/c1-2-31-24(30)25-12-18(14-27)22(25)29(15-16-6-4-3-5-7-16)23-20(13-25)21(28-32-23)17-8-10-19(26)11-9-17/h3-11,18,20,22-23H,2,12-13,15H2,1H3/t18-,20-,22?,23+,25+/m0/s1. The van der Waals surface area contributed by atoms with E-state index in [1.807, 2.05) is 61.5 Å². The van der Waals surface area contributed by atoms with E-state index in [9.17, 15) is 10.1 Å². The van der Waals surface area contributed by atoms with Crippen LogP contribution in [-0.2, 0) is 20.9 Å². The van der Waals surface area contributed by atoms with Crippen molar-refractivity contribution in [3.63, 3.8) is 0 Å². The average molecular weight is 450 g/mol. The topological polar surface area (TPSA) is 74.9 Å². The zero-order chi connectivity index (χ0) is 22.3. The van der Waals surface area contributed by atoms with Crippen molar-refractivity contribution in [3.8, 4) is 6.07 Å². The number of hydrogen-bond donors (Lipinski definition) is 0. The number of piperidine rings is 1. The summed E-state index contributed by atoms with van der Waals surface area (Å²) in [5, 5.41) is 14.9. The molecule has 2 aromatic carbocycles. The summed E-state index contributed by atoms with van der Waals surface area (Å²) in [5.74, 6) is -0.595. The number of benzene rings is 2. The molecule has 2 aromatic rings. The minimum Gasteiger partial charge on any atom is -0.466 e. The Hall–Kier alpha value is -2.88. The van der Waals surface area contributed by atoms with Gasteiger partial charge in [-0.2, -0.15) is 5.26 Å². The van der Waals surface area contributed by atoms with Crippen LogP contribution in [0.25, 0.3) is 0 Å². The van der Waals surface area contributed by atoms with Gasteiger partial charge in [0.05, 0.1) is 35.6 Å². The van der Waals surface area contributed by atoms with Crippen LogP contribution in [0.5, 0.6) is 0 Å². The molecular formula is C25H24ClN3O3. The van der Waals surface area contributed by atoms with E-state index in [-0.39, 0.29) is 30.1 Å². The summed E-state index contributed by atoms with van der Waals surface area (Å²) in [6, 6.07) is 19.7. The van der Waals surface area contributed by atoms with Crippen LogP contribution in [0.1, 0.15) is 30.9 Å². The van der Waals surface area contributed by atoms with E-state index in [1.54, 1.807) is 0 Å². The smallest absolute Gasteiger partial charge is 0.313 e. The fourth-order valence-corrected chi connectivity index (χ4v) is 5.70. The fourth-order valence-electron chi connectivity index (χ4n) is 5.58. The summed E-state index contributed by atoms with van der Waals surface area (Å²) in [6.07, 6.45) is 0.700. The molecule has 1 saturated heterocycles. The van der Waals surface area contributed by atoms with E-state index in [2.05, 4.69) is 16.1 Å². The summed E-state index contributed by atoms with van der Waals surface area (Å²) in [7, 11) is 0. The Labute approximate surface area is 192 Å². The van der Waals surface area contributed by atoms with Gasteiger partial charge in [-0.3, -0.25) is 9.69 Å². The van der Waals surface area contributed by atoms with E-state index in [0.29, 0.717) is 31.0 Å². The van der Waals surface area contributed by atoms with Crippen LogP contribution in [0.2, 0.25) is 5.02 Å². The SMILES string of the molecule is CCOC(=O)[C@@]12C[C@@H](C#N)C1N(Cc1ccccc1)[C@@H]1ON=C(c3ccc(Cl)cc3)[C@@H]1C2. The number of rotatable bonds is 5. The highest BCUT2D eigenvalue weighted by Crippen LogP contribution is 2.59.